The molecule has 0 radical (unpaired) electrons. The first-order valence-electron chi connectivity index (χ1n) is 8.49. The molecule has 2 fully saturated rings. The highest BCUT2D eigenvalue weighted by Gasteiger charge is 2.42. The Bertz CT molecular complexity index is 451. The number of nitrogens with zero attached hydrogens (tertiary/aromatic N) is 1. The number of anilines is 2. The van der Waals surface area contributed by atoms with Gasteiger partial charge in [-0.25, -0.2) is 0 Å². The van der Waals surface area contributed by atoms with Crippen LogP contribution in [-0.4, -0.2) is 24.8 Å². The number of rotatable bonds is 5. The van der Waals surface area contributed by atoms with Crippen molar-refractivity contribution in [2.45, 2.75) is 63.6 Å². The van der Waals surface area contributed by atoms with Crippen molar-refractivity contribution in [1.29, 1.82) is 0 Å². The van der Waals surface area contributed by atoms with Crippen molar-refractivity contribution in [2.75, 3.05) is 23.7 Å². The van der Waals surface area contributed by atoms with Gasteiger partial charge in [-0.1, -0.05) is 19.8 Å². The lowest BCUT2D eigenvalue weighted by atomic mass is 9.98. The summed E-state index contributed by atoms with van der Waals surface area (Å²) in [4.78, 5) is 2.46. The third-order valence-electron chi connectivity index (χ3n) is 5.03. The first-order valence-corrected chi connectivity index (χ1v) is 8.49. The molecule has 3 rings (SSSR count). The van der Waals surface area contributed by atoms with Crippen LogP contribution in [0.25, 0.3) is 0 Å². The third kappa shape index (κ3) is 3.34. The average Bonchev–Trinajstić information content (AvgIpc) is 3.10. The average molecular weight is 288 g/mol. The van der Waals surface area contributed by atoms with Crippen molar-refractivity contribution in [3.8, 4) is 0 Å². The van der Waals surface area contributed by atoms with Crippen molar-refractivity contribution in [2.24, 2.45) is 0 Å². The number of hydrogen-bond acceptors (Lipinski definition) is 3. The zero-order valence-electron chi connectivity index (χ0n) is 13.2. The van der Waals surface area contributed by atoms with E-state index in [-0.39, 0.29) is 5.60 Å². The molecular formula is C18H28N2O. The maximum absolute atomic E-state index is 6.47. The van der Waals surface area contributed by atoms with Gasteiger partial charge < -0.3 is 15.4 Å². The summed E-state index contributed by atoms with van der Waals surface area (Å²) in [7, 11) is 0. The molecule has 0 bridgehead atoms. The Balaban J connectivity index is 1.64. The first-order chi connectivity index (χ1) is 10.2. The fourth-order valence-corrected chi connectivity index (χ4v) is 3.94. The SMILES string of the molecule is CCCN(CC1CCC2(CCCC2)O1)c1ccc(N)cc1. The first kappa shape index (κ1) is 14.7. The van der Waals surface area contributed by atoms with Crippen molar-refractivity contribution in [3.05, 3.63) is 24.3 Å². The molecule has 1 heterocycles. The van der Waals surface area contributed by atoms with Gasteiger partial charge >= 0.3 is 0 Å². The van der Waals surface area contributed by atoms with Gasteiger partial charge in [-0.3, -0.25) is 0 Å². The molecule has 3 nitrogen and oxygen atoms in total. The summed E-state index contributed by atoms with van der Waals surface area (Å²) in [5.41, 5.74) is 8.14. The second-order valence-electron chi connectivity index (χ2n) is 6.71. The van der Waals surface area contributed by atoms with Gasteiger partial charge in [-0.2, -0.15) is 0 Å². The van der Waals surface area contributed by atoms with Crippen LogP contribution >= 0.6 is 0 Å². The van der Waals surface area contributed by atoms with E-state index in [1.807, 2.05) is 12.1 Å². The fourth-order valence-electron chi connectivity index (χ4n) is 3.94. The van der Waals surface area contributed by atoms with Gasteiger partial charge in [0.15, 0.2) is 0 Å². The Morgan fingerprint density at radius 2 is 1.90 bits per heavy atom. The van der Waals surface area contributed by atoms with E-state index in [2.05, 4.69) is 24.0 Å². The topological polar surface area (TPSA) is 38.5 Å². The molecule has 1 atom stereocenters. The number of nitrogens with two attached hydrogens (primary N) is 1. The van der Waals surface area contributed by atoms with E-state index in [0.717, 1.165) is 25.2 Å². The second-order valence-corrected chi connectivity index (χ2v) is 6.71. The van der Waals surface area contributed by atoms with Crippen molar-refractivity contribution in [3.63, 3.8) is 0 Å². The Kier molecular flexibility index (Phi) is 4.39. The van der Waals surface area contributed by atoms with Crippen molar-refractivity contribution in [1.82, 2.24) is 0 Å². The van der Waals surface area contributed by atoms with Crippen LogP contribution in [0.3, 0.4) is 0 Å². The van der Waals surface area contributed by atoms with Gasteiger partial charge in [0.2, 0.25) is 0 Å². The van der Waals surface area contributed by atoms with Gasteiger partial charge in [0, 0.05) is 24.5 Å². The van der Waals surface area contributed by atoms with E-state index in [9.17, 15) is 0 Å². The summed E-state index contributed by atoms with van der Waals surface area (Å²) in [5.74, 6) is 0. The molecule has 1 aromatic rings. The van der Waals surface area contributed by atoms with Gasteiger partial charge in [-0.15, -0.1) is 0 Å². The van der Waals surface area contributed by atoms with Crippen LogP contribution in [0.5, 0.6) is 0 Å². The summed E-state index contributed by atoms with van der Waals surface area (Å²) < 4.78 is 6.47. The molecule has 1 spiro atoms. The zero-order chi connectivity index (χ0) is 14.7. The van der Waals surface area contributed by atoms with Gasteiger partial charge in [0.05, 0.1) is 11.7 Å². The van der Waals surface area contributed by atoms with Crippen LogP contribution in [0.4, 0.5) is 11.4 Å². The van der Waals surface area contributed by atoms with Crippen molar-refractivity contribution < 1.29 is 4.74 Å². The van der Waals surface area contributed by atoms with Crippen LogP contribution in [0.15, 0.2) is 24.3 Å². The zero-order valence-corrected chi connectivity index (χ0v) is 13.2. The highest BCUT2D eigenvalue weighted by Crippen LogP contribution is 2.43. The molecule has 21 heavy (non-hydrogen) atoms. The lowest BCUT2D eigenvalue weighted by Crippen LogP contribution is -2.35. The van der Waals surface area contributed by atoms with E-state index in [1.54, 1.807) is 0 Å². The quantitative estimate of drug-likeness (QED) is 0.833. The molecular weight excluding hydrogens is 260 g/mol. The summed E-state index contributed by atoms with van der Waals surface area (Å²) in [6.07, 6.45) is 9.29. The molecule has 2 N–H and O–H groups in total. The van der Waals surface area contributed by atoms with Crippen LogP contribution in [0.1, 0.15) is 51.9 Å². The molecule has 0 amide bonds. The molecule has 3 heteroatoms. The predicted octanol–water partition coefficient (Wildman–Crippen LogP) is 3.98. The van der Waals surface area contributed by atoms with E-state index in [1.165, 1.54) is 44.2 Å². The fraction of sp³-hybridized carbons (Fsp3) is 0.667. The largest absolute Gasteiger partial charge is 0.399 e. The molecule has 1 aromatic carbocycles. The Hall–Kier alpha value is -1.22. The summed E-state index contributed by atoms with van der Waals surface area (Å²) >= 11 is 0. The number of hydrogen-bond donors (Lipinski definition) is 1. The molecule has 2 aliphatic rings. The van der Waals surface area contributed by atoms with Gasteiger partial charge in [0.1, 0.15) is 0 Å². The number of nitrogen functional groups attached to an aromatic ring is 1. The Labute approximate surface area is 128 Å². The van der Waals surface area contributed by atoms with Crippen molar-refractivity contribution >= 4 is 11.4 Å². The minimum Gasteiger partial charge on any atom is -0.399 e. The molecule has 1 unspecified atom stereocenters. The molecule has 1 saturated heterocycles. The lowest BCUT2D eigenvalue weighted by molar-refractivity contribution is -0.0327. The smallest absolute Gasteiger partial charge is 0.0758 e. The molecule has 0 aromatic heterocycles. The van der Waals surface area contributed by atoms with Crippen LogP contribution in [0.2, 0.25) is 0 Å². The van der Waals surface area contributed by atoms with Gasteiger partial charge in [0.25, 0.3) is 0 Å². The normalized spacial score (nSPS) is 23.8. The van der Waals surface area contributed by atoms with Crippen LogP contribution < -0.4 is 10.6 Å². The van der Waals surface area contributed by atoms with Crippen LogP contribution in [0, 0.1) is 0 Å². The van der Waals surface area contributed by atoms with E-state index >= 15 is 0 Å². The Morgan fingerprint density at radius 3 is 2.57 bits per heavy atom. The predicted molar refractivity (Wildman–Crippen MR) is 88.7 cm³/mol. The van der Waals surface area contributed by atoms with Gasteiger partial charge in [-0.05, 0) is 56.4 Å². The van der Waals surface area contributed by atoms with Crippen LogP contribution in [-0.2, 0) is 4.74 Å². The lowest BCUT2D eigenvalue weighted by Gasteiger charge is -2.29. The minimum atomic E-state index is 0.240. The monoisotopic (exact) mass is 288 g/mol. The van der Waals surface area contributed by atoms with E-state index < -0.39 is 0 Å². The highest BCUT2D eigenvalue weighted by molar-refractivity contribution is 5.53. The molecule has 1 saturated carbocycles. The summed E-state index contributed by atoms with van der Waals surface area (Å²) in [5, 5.41) is 0. The van der Waals surface area contributed by atoms with E-state index in [0.29, 0.717) is 6.10 Å². The Morgan fingerprint density at radius 1 is 1.19 bits per heavy atom. The van der Waals surface area contributed by atoms with E-state index in [4.69, 9.17) is 10.5 Å². The second kappa shape index (κ2) is 6.27. The molecule has 116 valence electrons. The molecule has 1 aliphatic carbocycles. The summed E-state index contributed by atoms with van der Waals surface area (Å²) in [6.45, 7) is 4.33. The third-order valence-corrected chi connectivity index (χ3v) is 5.03. The summed E-state index contributed by atoms with van der Waals surface area (Å²) in [6, 6.07) is 8.24. The number of ether oxygens (including phenoxy) is 1. The maximum Gasteiger partial charge on any atom is 0.0758 e. The standard InChI is InChI=1S/C18H28N2O/c1-2-13-20(16-7-5-15(19)6-8-16)14-17-9-12-18(21-17)10-3-4-11-18/h5-8,17H,2-4,9-14,19H2,1H3. The highest BCUT2D eigenvalue weighted by atomic mass is 16.5. The molecule has 1 aliphatic heterocycles. The minimum absolute atomic E-state index is 0.240. The maximum atomic E-state index is 6.47. The number of benzene rings is 1.